The number of aliphatic hydroxyl groups is 1. The fourth-order valence-corrected chi connectivity index (χ4v) is 4.15. The first-order chi connectivity index (χ1) is 9.86. The minimum atomic E-state index is 0.121. The topological polar surface area (TPSA) is 45.1 Å². The summed E-state index contributed by atoms with van der Waals surface area (Å²) in [5, 5.41) is 12.8. The number of aliphatic hydroxyl groups excluding tert-OH is 1. The standard InChI is InChI=1S/C16H16N2OSe/c19-11-10-13(12-6-2-1-3-7-12)17-16-18-14-8-4-5-9-15(14)20-16/h1-9,13,19H,10-11H2,(H,17,18)/t13-/m0/s1. The number of rotatable bonds is 5. The van der Waals surface area contributed by atoms with Crippen molar-refractivity contribution in [3.8, 4) is 0 Å². The van der Waals surface area contributed by atoms with Gasteiger partial charge in [-0.1, -0.05) is 0 Å². The van der Waals surface area contributed by atoms with Gasteiger partial charge in [0.25, 0.3) is 0 Å². The molecule has 0 fully saturated rings. The van der Waals surface area contributed by atoms with Gasteiger partial charge in [-0.15, -0.1) is 0 Å². The van der Waals surface area contributed by atoms with Gasteiger partial charge in [0.05, 0.1) is 0 Å². The summed E-state index contributed by atoms with van der Waals surface area (Å²) in [6, 6.07) is 18.6. The Balaban J connectivity index is 1.86. The second-order valence-corrected chi connectivity index (χ2v) is 6.77. The Hall–Kier alpha value is -1.61. The quantitative estimate of drug-likeness (QED) is 0.707. The third-order valence-corrected chi connectivity index (χ3v) is 5.24. The van der Waals surface area contributed by atoms with E-state index in [1.807, 2.05) is 24.3 Å². The predicted molar refractivity (Wildman–Crippen MR) is 83.2 cm³/mol. The van der Waals surface area contributed by atoms with Crippen molar-refractivity contribution in [1.29, 1.82) is 0 Å². The predicted octanol–water partition coefficient (Wildman–Crippen LogP) is 2.83. The Labute approximate surface area is 124 Å². The van der Waals surface area contributed by atoms with Gasteiger partial charge in [-0.25, -0.2) is 0 Å². The normalized spacial score (nSPS) is 12.4. The van der Waals surface area contributed by atoms with E-state index in [9.17, 15) is 5.11 Å². The molecule has 1 aromatic heterocycles. The summed E-state index contributed by atoms with van der Waals surface area (Å²) in [5.74, 6) is 0. The van der Waals surface area contributed by atoms with Crippen LogP contribution in [0.25, 0.3) is 9.78 Å². The molecule has 0 aliphatic heterocycles. The molecule has 0 bridgehead atoms. The van der Waals surface area contributed by atoms with Crippen LogP contribution in [0.5, 0.6) is 0 Å². The van der Waals surface area contributed by atoms with Crippen LogP contribution < -0.4 is 5.32 Å². The van der Waals surface area contributed by atoms with Crippen molar-refractivity contribution in [3.05, 3.63) is 60.2 Å². The molecule has 1 atom stereocenters. The summed E-state index contributed by atoms with van der Waals surface area (Å²) in [6.45, 7) is 0.166. The van der Waals surface area contributed by atoms with Gasteiger partial charge in [0, 0.05) is 0 Å². The molecule has 3 nitrogen and oxygen atoms in total. The van der Waals surface area contributed by atoms with E-state index in [-0.39, 0.29) is 27.2 Å². The van der Waals surface area contributed by atoms with Crippen LogP contribution in [0, 0.1) is 0 Å². The van der Waals surface area contributed by atoms with E-state index in [4.69, 9.17) is 0 Å². The fraction of sp³-hybridized carbons (Fsp3) is 0.188. The van der Waals surface area contributed by atoms with Gasteiger partial charge < -0.3 is 0 Å². The molecule has 20 heavy (non-hydrogen) atoms. The third kappa shape index (κ3) is 2.93. The SMILES string of the molecule is OCC[C@H](Nc1nc2ccccc2[se]1)c1ccccc1. The number of benzene rings is 2. The van der Waals surface area contributed by atoms with E-state index in [1.54, 1.807) is 0 Å². The van der Waals surface area contributed by atoms with Crippen LogP contribution in [0.4, 0.5) is 4.69 Å². The number of hydrogen-bond acceptors (Lipinski definition) is 3. The van der Waals surface area contributed by atoms with Crippen molar-refractivity contribution in [2.24, 2.45) is 0 Å². The third-order valence-electron chi connectivity index (χ3n) is 3.21. The average molecular weight is 331 g/mol. The molecule has 102 valence electrons. The summed E-state index contributed by atoms with van der Waals surface area (Å²) in [6.07, 6.45) is 0.690. The maximum absolute atomic E-state index is 9.27. The molecule has 0 saturated carbocycles. The van der Waals surface area contributed by atoms with Crippen LogP contribution in [0.3, 0.4) is 0 Å². The average Bonchev–Trinajstić information content (AvgIpc) is 2.90. The summed E-state index contributed by atoms with van der Waals surface area (Å²) < 4.78 is 2.36. The fourth-order valence-electron chi connectivity index (χ4n) is 2.22. The number of anilines is 1. The van der Waals surface area contributed by atoms with E-state index < -0.39 is 0 Å². The van der Waals surface area contributed by atoms with Crippen molar-refractivity contribution in [2.45, 2.75) is 12.5 Å². The van der Waals surface area contributed by atoms with E-state index in [0.717, 1.165) is 10.2 Å². The Morgan fingerprint density at radius 3 is 2.55 bits per heavy atom. The molecular weight excluding hydrogens is 315 g/mol. The van der Waals surface area contributed by atoms with Gasteiger partial charge in [0.2, 0.25) is 0 Å². The van der Waals surface area contributed by atoms with Crippen LogP contribution in [-0.4, -0.2) is 31.2 Å². The summed E-state index contributed by atoms with van der Waals surface area (Å²) in [7, 11) is 0. The Morgan fingerprint density at radius 1 is 1.05 bits per heavy atom. The molecule has 2 N–H and O–H groups in total. The Morgan fingerprint density at radius 2 is 1.80 bits per heavy atom. The van der Waals surface area contributed by atoms with Gasteiger partial charge in [-0.3, -0.25) is 0 Å². The number of para-hydroxylation sites is 1. The molecule has 0 saturated heterocycles. The summed E-state index contributed by atoms with van der Waals surface area (Å²) >= 11 is 0.235. The van der Waals surface area contributed by atoms with Gasteiger partial charge >= 0.3 is 124 Å². The first-order valence-electron chi connectivity index (χ1n) is 6.65. The molecule has 0 spiro atoms. The zero-order valence-corrected chi connectivity index (χ0v) is 12.7. The first-order valence-corrected chi connectivity index (χ1v) is 8.36. The monoisotopic (exact) mass is 332 g/mol. The molecule has 2 aromatic carbocycles. The van der Waals surface area contributed by atoms with E-state index >= 15 is 0 Å². The molecule has 0 amide bonds. The van der Waals surface area contributed by atoms with Crippen LogP contribution in [0.2, 0.25) is 0 Å². The molecule has 3 rings (SSSR count). The first kappa shape index (κ1) is 13.4. The van der Waals surface area contributed by atoms with Crippen molar-refractivity contribution >= 4 is 29.0 Å². The van der Waals surface area contributed by atoms with E-state index in [0.29, 0.717) is 6.42 Å². The van der Waals surface area contributed by atoms with Gasteiger partial charge in [-0.2, -0.15) is 0 Å². The van der Waals surface area contributed by atoms with E-state index in [2.05, 4.69) is 40.6 Å². The summed E-state index contributed by atoms with van der Waals surface area (Å²) in [4.78, 5) is 4.65. The van der Waals surface area contributed by atoms with Crippen LogP contribution in [-0.2, 0) is 0 Å². The molecule has 0 aliphatic rings. The number of hydrogen-bond donors (Lipinski definition) is 2. The maximum atomic E-state index is 9.27. The second kappa shape index (κ2) is 6.23. The van der Waals surface area contributed by atoms with Crippen molar-refractivity contribution in [1.82, 2.24) is 4.98 Å². The molecule has 0 unspecified atom stereocenters. The van der Waals surface area contributed by atoms with Gasteiger partial charge in [0.1, 0.15) is 0 Å². The molecule has 0 radical (unpaired) electrons. The summed E-state index contributed by atoms with van der Waals surface area (Å²) in [5.41, 5.74) is 2.27. The van der Waals surface area contributed by atoms with Gasteiger partial charge in [-0.05, 0) is 0 Å². The Bertz CT molecular complexity index is 648. The van der Waals surface area contributed by atoms with Crippen molar-refractivity contribution < 1.29 is 5.11 Å². The zero-order valence-electron chi connectivity index (χ0n) is 11.0. The zero-order chi connectivity index (χ0) is 13.8. The van der Waals surface area contributed by atoms with Crippen LogP contribution >= 0.6 is 0 Å². The number of nitrogens with zero attached hydrogens (tertiary/aromatic N) is 1. The van der Waals surface area contributed by atoms with Crippen molar-refractivity contribution in [3.63, 3.8) is 0 Å². The molecular formula is C16H16N2OSe. The molecule has 1 heterocycles. The second-order valence-electron chi connectivity index (χ2n) is 4.61. The van der Waals surface area contributed by atoms with E-state index in [1.165, 1.54) is 9.82 Å². The molecule has 4 heteroatoms. The molecule has 0 aliphatic carbocycles. The number of fused-ring (bicyclic) bond motifs is 1. The Kier molecular flexibility index (Phi) is 4.16. The molecule has 3 aromatic rings. The number of aromatic nitrogens is 1. The van der Waals surface area contributed by atoms with Crippen molar-refractivity contribution in [2.75, 3.05) is 11.9 Å². The minimum absolute atomic E-state index is 0.121. The number of nitrogens with one attached hydrogen (secondary N) is 1. The van der Waals surface area contributed by atoms with Crippen LogP contribution in [0.15, 0.2) is 54.6 Å². The van der Waals surface area contributed by atoms with Crippen LogP contribution in [0.1, 0.15) is 18.0 Å². The van der Waals surface area contributed by atoms with Gasteiger partial charge in [0.15, 0.2) is 0 Å².